The van der Waals surface area contributed by atoms with Crippen LogP contribution in [0.5, 0.6) is 0 Å². The predicted octanol–water partition coefficient (Wildman–Crippen LogP) is 2.56. The third kappa shape index (κ3) is 2.36. The van der Waals surface area contributed by atoms with Gasteiger partial charge in [0, 0.05) is 0 Å². The fourth-order valence-electron chi connectivity index (χ4n) is 0.977. The zero-order valence-electron chi connectivity index (χ0n) is 7.43. The minimum Gasteiger partial charge on any atom is -0.293 e. The minimum atomic E-state index is -4.62. The number of hydrogen-bond acceptors (Lipinski definition) is 2. The van der Waals surface area contributed by atoms with Crippen LogP contribution in [0.4, 0.5) is 26.3 Å². The highest BCUT2D eigenvalue weighted by Gasteiger charge is 2.47. The van der Waals surface area contributed by atoms with E-state index in [0.29, 0.717) is 0 Å². The summed E-state index contributed by atoms with van der Waals surface area (Å²) in [7, 11) is 0. The first kappa shape index (κ1) is 13.0. The van der Waals surface area contributed by atoms with E-state index in [0.717, 1.165) is 0 Å². The smallest absolute Gasteiger partial charge is 0.293 e. The largest absolute Gasteiger partial charge is 0.365 e. The lowest BCUT2D eigenvalue weighted by Crippen LogP contribution is -2.29. The number of aromatic amines is 1. The maximum absolute atomic E-state index is 12.9. The first-order valence-electron chi connectivity index (χ1n) is 3.86. The van der Waals surface area contributed by atoms with Crippen molar-refractivity contribution in [2.75, 3.05) is 0 Å². The third-order valence-corrected chi connectivity index (χ3v) is 1.96. The maximum Gasteiger partial charge on any atom is 0.365 e. The molecule has 16 heavy (non-hydrogen) atoms. The lowest BCUT2D eigenvalue weighted by Gasteiger charge is -2.15. The Kier molecular flexibility index (Phi) is 3.61. The monoisotopic (exact) mass is 265 g/mol. The molecule has 0 amide bonds. The van der Waals surface area contributed by atoms with Crippen LogP contribution in [0.1, 0.15) is 5.82 Å². The molecule has 0 atom stereocenters. The molecule has 0 saturated heterocycles. The molecule has 0 aliphatic rings. The molecule has 0 spiro atoms. The second-order valence-electron chi connectivity index (χ2n) is 2.78. The van der Waals surface area contributed by atoms with Gasteiger partial charge in [-0.25, -0.2) is 17.6 Å². The molecule has 0 fully saturated rings. The number of H-pyrrole nitrogens is 1. The van der Waals surface area contributed by atoms with Crippen molar-refractivity contribution in [1.29, 1.82) is 0 Å². The summed E-state index contributed by atoms with van der Waals surface area (Å²) in [6.45, 7) is -1.22. The molecular weight excluding hydrogens is 260 g/mol. The summed E-state index contributed by atoms with van der Waals surface area (Å²) in [6, 6.07) is 0. The van der Waals surface area contributed by atoms with E-state index in [1.54, 1.807) is 5.10 Å². The molecule has 0 aromatic carbocycles. The summed E-state index contributed by atoms with van der Waals surface area (Å²) in [5.41, 5.74) is 0. The maximum atomic E-state index is 12.9. The van der Waals surface area contributed by atoms with Crippen LogP contribution in [-0.2, 0) is 12.5 Å². The van der Waals surface area contributed by atoms with Gasteiger partial charge in [0.15, 0.2) is 4.77 Å². The van der Waals surface area contributed by atoms with E-state index in [4.69, 9.17) is 0 Å². The first-order chi connectivity index (χ1) is 7.26. The molecule has 0 bridgehead atoms. The predicted molar refractivity (Wildman–Crippen MR) is 43.3 cm³/mol. The van der Waals surface area contributed by atoms with Crippen LogP contribution in [0.25, 0.3) is 0 Å². The molecule has 1 N–H and O–H groups in total. The number of rotatable bonds is 4. The number of alkyl halides is 6. The van der Waals surface area contributed by atoms with Gasteiger partial charge in [-0.3, -0.25) is 9.67 Å². The van der Waals surface area contributed by atoms with Crippen molar-refractivity contribution in [3.8, 4) is 0 Å². The Balaban J connectivity index is 3.20. The first-order valence-corrected chi connectivity index (χ1v) is 4.27. The lowest BCUT2D eigenvalue weighted by molar-refractivity contribution is -0.143. The molecule has 0 aliphatic heterocycles. The summed E-state index contributed by atoms with van der Waals surface area (Å²) in [6.07, 6.45) is -7.05. The van der Waals surface area contributed by atoms with E-state index in [9.17, 15) is 26.3 Å². The van der Waals surface area contributed by atoms with Crippen LogP contribution in [0.3, 0.4) is 0 Å². The van der Waals surface area contributed by atoms with Crippen LogP contribution in [0.15, 0.2) is 0 Å². The standard InChI is InChI=1S/C6H5F6N3S/c7-2(8)1-15-4(13-14-5(15)16)6(11,12)3(9)10/h2-3H,1H2,(H,14,16). The molecule has 0 unspecified atom stereocenters. The van der Waals surface area contributed by atoms with Crippen molar-refractivity contribution in [3.63, 3.8) is 0 Å². The summed E-state index contributed by atoms with van der Waals surface area (Å²) in [5.74, 6) is -6.12. The van der Waals surface area contributed by atoms with Crippen molar-refractivity contribution in [2.24, 2.45) is 0 Å². The zero-order valence-corrected chi connectivity index (χ0v) is 8.25. The van der Waals surface area contributed by atoms with Crippen LogP contribution in [0.2, 0.25) is 0 Å². The summed E-state index contributed by atoms with van der Waals surface area (Å²) in [5, 5.41) is 4.62. The lowest BCUT2D eigenvalue weighted by atomic mass is 10.3. The molecular formula is C6H5F6N3S. The average Bonchev–Trinajstić information content (AvgIpc) is 2.47. The van der Waals surface area contributed by atoms with E-state index in [1.165, 1.54) is 0 Å². The zero-order chi connectivity index (χ0) is 12.5. The topological polar surface area (TPSA) is 33.6 Å². The molecule has 1 heterocycles. The van der Waals surface area contributed by atoms with E-state index >= 15 is 0 Å². The Morgan fingerprint density at radius 2 is 1.88 bits per heavy atom. The average molecular weight is 265 g/mol. The van der Waals surface area contributed by atoms with Gasteiger partial charge in [0.2, 0.25) is 5.82 Å². The van der Waals surface area contributed by atoms with Crippen LogP contribution >= 0.6 is 12.2 Å². The van der Waals surface area contributed by atoms with Gasteiger partial charge in [-0.2, -0.15) is 13.9 Å². The van der Waals surface area contributed by atoms with Crippen molar-refractivity contribution < 1.29 is 26.3 Å². The minimum absolute atomic E-state index is 0.159. The Hall–Kier alpha value is -1.06. The molecule has 0 aliphatic carbocycles. The molecule has 10 heteroatoms. The van der Waals surface area contributed by atoms with E-state index < -0.39 is 35.9 Å². The van der Waals surface area contributed by atoms with E-state index in [1.807, 2.05) is 0 Å². The van der Waals surface area contributed by atoms with Gasteiger partial charge in [-0.05, 0) is 12.2 Å². The molecule has 3 nitrogen and oxygen atoms in total. The second kappa shape index (κ2) is 4.44. The third-order valence-electron chi connectivity index (χ3n) is 1.65. The Labute approximate surface area is 90.1 Å². The van der Waals surface area contributed by atoms with Crippen LogP contribution < -0.4 is 0 Å². The summed E-state index contributed by atoms with van der Waals surface area (Å²) >= 11 is 4.38. The number of aromatic nitrogens is 3. The van der Waals surface area contributed by atoms with Gasteiger partial charge < -0.3 is 0 Å². The highest BCUT2D eigenvalue weighted by Crippen LogP contribution is 2.33. The van der Waals surface area contributed by atoms with E-state index in [-0.39, 0.29) is 4.57 Å². The van der Waals surface area contributed by atoms with Gasteiger partial charge >= 0.3 is 12.3 Å². The summed E-state index contributed by atoms with van der Waals surface area (Å²) in [4.78, 5) is 0. The molecule has 1 rings (SSSR count). The van der Waals surface area contributed by atoms with Crippen molar-refractivity contribution >= 4 is 12.2 Å². The molecule has 0 saturated carbocycles. The second-order valence-corrected chi connectivity index (χ2v) is 3.16. The van der Waals surface area contributed by atoms with Gasteiger partial charge in [0.1, 0.15) is 0 Å². The fraction of sp³-hybridized carbons (Fsp3) is 0.667. The Morgan fingerprint density at radius 3 is 2.31 bits per heavy atom. The molecule has 0 radical (unpaired) electrons. The highest BCUT2D eigenvalue weighted by molar-refractivity contribution is 7.71. The van der Waals surface area contributed by atoms with Crippen molar-refractivity contribution in [3.05, 3.63) is 10.6 Å². The van der Waals surface area contributed by atoms with E-state index in [2.05, 4.69) is 17.3 Å². The molecule has 1 aromatic rings. The number of nitrogens with zero attached hydrogens (tertiary/aromatic N) is 2. The van der Waals surface area contributed by atoms with Crippen molar-refractivity contribution in [2.45, 2.75) is 25.3 Å². The number of halogens is 6. The molecule has 1 aromatic heterocycles. The quantitative estimate of drug-likeness (QED) is 0.670. The van der Waals surface area contributed by atoms with Crippen molar-refractivity contribution in [1.82, 2.24) is 14.8 Å². The van der Waals surface area contributed by atoms with Crippen LogP contribution in [-0.4, -0.2) is 27.6 Å². The van der Waals surface area contributed by atoms with Gasteiger partial charge in [0.05, 0.1) is 6.54 Å². The van der Waals surface area contributed by atoms with Gasteiger partial charge in [-0.1, -0.05) is 0 Å². The normalized spacial score (nSPS) is 12.8. The number of hydrogen-bond donors (Lipinski definition) is 1. The Morgan fingerprint density at radius 1 is 1.31 bits per heavy atom. The molecule has 92 valence electrons. The van der Waals surface area contributed by atoms with Crippen LogP contribution in [0, 0.1) is 4.77 Å². The van der Waals surface area contributed by atoms with Gasteiger partial charge in [0.25, 0.3) is 6.43 Å². The van der Waals surface area contributed by atoms with Gasteiger partial charge in [-0.15, -0.1) is 0 Å². The fourth-order valence-corrected chi connectivity index (χ4v) is 1.18. The Bertz CT molecular complexity index is 411. The highest BCUT2D eigenvalue weighted by atomic mass is 32.1. The SMILES string of the molecule is FC(F)Cn1c(C(F)(F)C(F)F)n[nH]c1=S. The summed E-state index contributed by atoms with van der Waals surface area (Å²) < 4.78 is 73.3. The number of nitrogens with one attached hydrogen (secondary N) is 1.